The molecule has 2 aromatic carbocycles. The number of carbonyl (C=O) groups excluding carboxylic acids is 2. The first-order valence-corrected chi connectivity index (χ1v) is 12.6. The third-order valence-electron chi connectivity index (χ3n) is 5.90. The molecule has 194 valence electrons. The van der Waals surface area contributed by atoms with Crippen LogP contribution in [0.5, 0.6) is 11.5 Å². The van der Waals surface area contributed by atoms with Crippen molar-refractivity contribution in [3.63, 3.8) is 0 Å². The van der Waals surface area contributed by atoms with Crippen molar-refractivity contribution in [2.45, 2.75) is 39.7 Å². The molecule has 1 unspecified atom stereocenters. The molecule has 1 aliphatic rings. The highest BCUT2D eigenvalue weighted by molar-refractivity contribution is 6.46. The molecular formula is C29H38N2O5. The number of ketones is 1. The average Bonchev–Trinajstić information content (AvgIpc) is 3.11. The summed E-state index contributed by atoms with van der Waals surface area (Å²) in [7, 11) is 3.93. The van der Waals surface area contributed by atoms with E-state index in [1.807, 2.05) is 50.2 Å². The van der Waals surface area contributed by atoms with Gasteiger partial charge in [0.05, 0.1) is 24.8 Å². The Hall–Kier alpha value is -3.32. The lowest BCUT2D eigenvalue weighted by atomic mass is 9.95. The Bertz CT molecular complexity index is 1080. The van der Waals surface area contributed by atoms with Gasteiger partial charge in [0.25, 0.3) is 11.7 Å². The lowest BCUT2D eigenvalue weighted by Crippen LogP contribution is -2.32. The lowest BCUT2D eigenvalue weighted by Gasteiger charge is -2.26. The largest absolute Gasteiger partial charge is 0.507 e. The van der Waals surface area contributed by atoms with E-state index in [0.717, 1.165) is 18.5 Å². The number of likely N-dealkylation sites (tertiary alicyclic amines) is 1. The number of Topliss-reactive ketones (excluding diaryl/α,β-unsaturated/α-hetero) is 1. The second-order valence-electron chi connectivity index (χ2n) is 9.80. The highest BCUT2D eigenvalue weighted by Gasteiger charge is 2.45. The number of amides is 1. The van der Waals surface area contributed by atoms with Gasteiger partial charge < -0.3 is 24.4 Å². The van der Waals surface area contributed by atoms with Crippen LogP contribution in [0.15, 0.2) is 54.1 Å². The molecule has 0 aliphatic carbocycles. The summed E-state index contributed by atoms with van der Waals surface area (Å²) in [6.45, 7) is 8.49. The number of rotatable bonds is 12. The normalized spacial score (nSPS) is 17.3. The zero-order valence-electron chi connectivity index (χ0n) is 22.0. The van der Waals surface area contributed by atoms with E-state index in [9.17, 15) is 14.7 Å². The van der Waals surface area contributed by atoms with Crippen LogP contribution in [0.3, 0.4) is 0 Å². The first-order valence-electron chi connectivity index (χ1n) is 12.6. The summed E-state index contributed by atoms with van der Waals surface area (Å²) in [5.41, 5.74) is 1.28. The molecule has 1 amide bonds. The first-order chi connectivity index (χ1) is 17.2. The minimum absolute atomic E-state index is 0.0908. The van der Waals surface area contributed by atoms with Gasteiger partial charge in [0.2, 0.25) is 0 Å². The van der Waals surface area contributed by atoms with Gasteiger partial charge in [-0.2, -0.15) is 0 Å². The zero-order valence-corrected chi connectivity index (χ0v) is 22.0. The molecule has 1 atom stereocenters. The van der Waals surface area contributed by atoms with Crippen LogP contribution in [0, 0.1) is 5.92 Å². The number of aliphatic hydroxyl groups excluding tert-OH is 1. The monoisotopic (exact) mass is 494 g/mol. The van der Waals surface area contributed by atoms with Crippen molar-refractivity contribution in [3.05, 3.63) is 65.2 Å². The Morgan fingerprint density at radius 3 is 2.42 bits per heavy atom. The number of aliphatic hydroxyl groups is 1. The quantitative estimate of drug-likeness (QED) is 0.257. The summed E-state index contributed by atoms with van der Waals surface area (Å²) >= 11 is 0. The number of ether oxygens (including phenoxy) is 2. The molecule has 3 rings (SSSR count). The Labute approximate surface area is 214 Å². The van der Waals surface area contributed by atoms with Gasteiger partial charge in [-0.05, 0) is 81.4 Å². The van der Waals surface area contributed by atoms with E-state index >= 15 is 0 Å². The first kappa shape index (κ1) is 27.3. The molecule has 7 nitrogen and oxygen atoms in total. The number of carbonyl (C=O) groups is 2. The fraction of sp³-hybridized carbons (Fsp3) is 0.448. The predicted molar refractivity (Wildman–Crippen MR) is 141 cm³/mol. The van der Waals surface area contributed by atoms with Crippen molar-refractivity contribution in [1.82, 2.24) is 9.80 Å². The van der Waals surface area contributed by atoms with E-state index < -0.39 is 17.7 Å². The lowest BCUT2D eigenvalue weighted by molar-refractivity contribution is -0.139. The zero-order chi connectivity index (χ0) is 26.2. The standard InChI is InChI=1S/C29H38N2O5/c1-6-17-35-23-13-11-21(12-14-23)27(32)25-26(22-9-7-10-24(18-22)36-19-20(2)3)31(29(34)28(25)33)16-8-15-30(4)5/h7,9-14,18,20,26,32H,6,8,15-17,19H2,1-5H3/b27-25-. The Morgan fingerprint density at radius 2 is 1.78 bits per heavy atom. The molecule has 0 spiro atoms. The van der Waals surface area contributed by atoms with Crippen molar-refractivity contribution in [2.75, 3.05) is 40.4 Å². The molecule has 0 bridgehead atoms. The van der Waals surface area contributed by atoms with Gasteiger partial charge in [0, 0.05) is 12.1 Å². The van der Waals surface area contributed by atoms with Crippen LogP contribution in [0.25, 0.3) is 5.76 Å². The molecule has 0 saturated carbocycles. The molecule has 1 saturated heterocycles. The molecular weight excluding hydrogens is 456 g/mol. The van der Waals surface area contributed by atoms with Crippen molar-refractivity contribution >= 4 is 17.4 Å². The van der Waals surface area contributed by atoms with Crippen LogP contribution >= 0.6 is 0 Å². The summed E-state index contributed by atoms with van der Waals surface area (Å²) in [5.74, 6) is 0.235. The van der Waals surface area contributed by atoms with Gasteiger partial charge in [-0.1, -0.05) is 32.9 Å². The molecule has 0 radical (unpaired) electrons. The maximum absolute atomic E-state index is 13.2. The molecule has 7 heteroatoms. The second kappa shape index (κ2) is 12.6. The van der Waals surface area contributed by atoms with Crippen molar-refractivity contribution in [1.29, 1.82) is 0 Å². The fourth-order valence-corrected chi connectivity index (χ4v) is 4.14. The summed E-state index contributed by atoms with van der Waals surface area (Å²) in [6, 6.07) is 13.7. The third-order valence-corrected chi connectivity index (χ3v) is 5.90. The number of hydrogen-bond donors (Lipinski definition) is 1. The molecule has 36 heavy (non-hydrogen) atoms. The molecule has 1 aliphatic heterocycles. The summed E-state index contributed by atoms with van der Waals surface area (Å²) < 4.78 is 11.5. The van der Waals surface area contributed by atoms with E-state index in [0.29, 0.717) is 49.2 Å². The molecule has 0 aromatic heterocycles. The molecule has 1 heterocycles. The van der Waals surface area contributed by atoms with Crippen LogP contribution in [0.1, 0.15) is 50.8 Å². The topological polar surface area (TPSA) is 79.3 Å². The molecule has 1 fully saturated rings. The minimum Gasteiger partial charge on any atom is -0.507 e. The van der Waals surface area contributed by atoms with Crippen LogP contribution < -0.4 is 9.47 Å². The average molecular weight is 495 g/mol. The van der Waals surface area contributed by atoms with Gasteiger partial charge >= 0.3 is 0 Å². The van der Waals surface area contributed by atoms with Gasteiger partial charge in [-0.3, -0.25) is 9.59 Å². The Balaban J connectivity index is 2.02. The molecule has 1 N–H and O–H groups in total. The summed E-state index contributed by atoms with van der Waals surface area (Å²) in [6.07, 6.45) is 1.59. The minimum atomic E-state index is -0.703. The maximum Gasteiger partial charge on any atom is 0.295 e. The van der Waals surface area contributed by atoms with E-state index in [1.165, 1.54) is 0 Å². The van der Waals surface area contributed by atoms with E-state index in [-0.39, 0.29) is 11.3 Å². The number of nitrogens with zero attached hydrogens (tertiary/aromatic N) is 2. The predicted octanol–water partition coefficient (Wildman–Crippen LogP) is 4.88. The summed E-state index contributed by atoms with van der Waals surface area (Å²) in [4.78, 5) is 30.0. The smallest absolute Gasteiger partial charge is 0.295 e. The Kier molecular flexibility index (Phi) is 9.53. The van der Waals surface area contributed by atoms with Gasteiger partial charge in [-0.25, -0.2) is 0 Å². The number of benzene rings is 2. The van der Waals surface area contributed by atoms with Gasteiger partial charge in [0.1, 0.15) is 17.3 Å². The van der Waals surface area contributed by atoms with Gasteiger partial charge in [0.15, 0.2) is 0 Å². The van der Waals surface area contributed by atoms with E-state index in [2.05, 4.69) is 13.8 Å². The van der Waals surface area contributed by atoms with Gasteiger partial charge in [-0.15, -0.1) is 0 Å². The summed E-state index contributed by atoms with van der Waals surface area (Å²) in [5, 5.41) is 11.3. The third kappa shape index (κ3) is 6.66. The maximum atomic E-state index is 13.2. The highest BCUT2D eigenvalue weighted by atomic mass is 16.5. The number of hydrogen-bond acceptors (Lipinski definition) is 6. The van der Waals surface area contributed by atoms with Crippen molar-refractivity contribution in [2.24, 2.45) is 5.92 Å². The highest BCUT2D eigenvalue weighted by Crippen LogP contribution is 2.40. The molecule has 2 aromatic rings. The van der Waals surface area contributed by atoms with Crippen molar-refractivity contribution in [3.8, 4) is 11.5 Å². The van der Waals surface area contributed by atoms with Crippen LogP contribution in [-0.4, -0.2) is 67.0 Å². The van der Waals surface area contributed by atoms with Crippen LogP contribution in [-0.2, 0) is 9.59 Å². The Morgan fingerprint density at radius 1 is 1.06 bits per heavy atom. The SMILES string of the molecule is CCCOc1ccc(/C(O)=C2/C(=O)C(=O)N(CCCN(C)C)C2c2cccc(OCC(C)C)c2)cc1. The van der Waals surface area contributed by atoms with Crippen LogP contribution in [0.4, 0.5) is 0 Å². The van der Waals surface area contributed by atoms with Crippen molar-refractivity contribution < 1.29 is 24.2 Å². The van der Waals surface area contributed by atoms with E-state index in [1.54, 1.807) is 29.2 Å². The second-order valence-corrected chi connectivity index (χ2v) is 9.80. The van der Waals surface area contributed by atoms with Crippen LogP contribution in [0.2, 0.25) is 0 Å². The van der Waals surface area contributed by atoms with E-state index in [4.69, 9.17) is 9.47 Å². The fourth-order valence-electron chi connectivity index (χ4n) is 4.14.